The van der Waals surface area contributed by atoms with Crippen LogP contribution in [0.15, 0.2) is 6.20 Å². The zero-order valence-corrected chi connectivity index (χ0v) is 9.67. The summed E-state index contributed by atoms with van der Waals surface area (Å²) >= 11 is 5.98. The summed E-state index contributed by atoms with van der Waals surface area (Å²) in [6.07, 6.45) is 1.59. The van der Waals surface area contributed by atoms with E-state index in [1.54, 1.807) is 18.0 Å². The highest BCUT2D eigenvalue weighted by molar-refractivity contribution is 6.31. The Morgan fingerprint density at radius 3 is 2.57 bits per heavy atom. The van der Waals surface area contributed by atoms with E-state index in [0.717, 1.165) is 5.69 Å². The zero-order valence-electron chi connectivity index (χ0n) is 8.91. The molecule has 1 rings (SSSR count). The minimum Gasteiger partial charge on any atom is -0.377 e. The van der Waals surface area contributed by atoms with E-state index in [2.05, 4.69) is 5.10 Å². The first-order valence-electron chi connectivity index (χ1n) is 4.38. The van der Waals surface area contributed by atoms with E-state index in [1.165, 1.54) is 0 Å². The molecule has 0 aliphatic carbocycles. The van der Waals surface area contributed by atoms with Crippen molar-refractivity contribution in [2.75, 3.05) is 7.11 Å². The SMILES string of the molecule is COC(C)(C)C(N)c1c(Cl)cnn1C. The number of halogens is 1. The van der Waals surface area contributed by atoms with Gasteiger partial charge in [-0.1, -0.05) is 11.6 Å². The standard InChI is InChI=1S/C9H16ClN3O/c1-9(2,14-4)8(11)7-6(10)5-12-13(7)3/h5,8H,11H2,1-4H3. The zero-order chi connectivity index (χ0) is 10.9. The summed E-state index contributed by atoms with van der Waals surface area (Å²) in [5.41, 5.74) is 6.39. The third-order valence-corrected chi connectivity index (χ3v) is 2.80. The molecule has 5 heteroatoms. The number of nitrogens with two attached hydrogens (primary N) is 1. The largest absolute Gasteiger partial charge is 0.377 e. The van der Waals surface area contributed by atoms with Crippen LogP contribution in [0, 0.1) is 0 Å². The molecule has 1 aromatic heterocycles. The van der Waals surface area contributed by atoms with Crippen LogP contribution >= 0.6 is 11.6 Å². The van der Waals surface area contributed by atoms with Crippen molar-refractivity contribution in [3.63, 3.8) is 0 Å². The van der Waals surface area contributed by atoms with Gasteiger partial charge in [-0.25, -0.2) is 0 Å². The molecule has 0 aliphatic rings. The van der Waals surface area contributed by atoms with Gasteiger partial charge in [0.05, 0.1) is 28.6 Å². The molecule has 4 nitrogen and oxygen atoms in total. The van der Waals surface area contributed by atoms with Gasteiger partial charge >= 0.3 is 0 Å². The van der Waals surface area contributed by atoms with Gasteiger partial charge in [-0.15, -0.1) is 0 Å². The Bertz CT molecular complexity index is 302. The monoisotopic (exact) mass is 217 g/mol. The molecule has 2 N–H and O–H groups in total. The summed E-state index contributed by atoms with van der Waals surface area (Å²) in [5, 5.41) is 4.61. The minimum atomic E-state index is -0.461. The third kappa shape index (κ3) is 1.92. The minimum absolute atomic E-state index is 0.299. The van der Waals surface area contributed by atoms with Crippen molar-refractivity contribution in [1.29, 1.82) is 0 Å². The predicted octanol–water partition coefficient (Wildman–Crippen LogP) is 1.50. The molecule has 0 bridgehead atoms. The van der Waals surface area contributed by atoms with Gasteiger partial charge in [0.25, 0.3) is 0 Å². The number of ether oxygens (including phenoxy) is 1. The number of rotatable bonds is 3. The average molecular weight is 218 g/mol. The first kappa shape index (κ1) is 11.5. The van der Waals surface area contributed by atoms with E-state index in [0.29, 0.717) is 5.02 Å². The Hall–Kier alpha value is -0.580. The fraction of sp³-hybridized carbons (Fsp3) is 0.667. The number of hydrogen-bond donors (Lipinski definition) is 1. The Morgan fingerprint density at radius 1 is 1.64 bits per heavy atom. The topological polar surface area (TPSA) is 53.1 Å². The molecule has 0 aromatic carbocycles. The molecule has 0 saturated heterocycles. The Kier molecular flexibility index (Phi) is 3.19. The fourth-order valence-electron chi connectivity index (χ4n) is 1.23. The van der Waals surface area contributed by atoms with Crippen LogP contribution in [0.1, 0.15) is 25.6 Å². The number of methoxy groups -OCH3 is 1. The number of nitrogens with zero attached hydrogens (tertiary/aromatic N) is 2. The van der Waals surface area contributed by atoms with Crippen LogP contribution < -0.4 is 5.73 Å². The Labute approximate surface area is 89.0 Å². The molecule has 1 atom stereocenters. The van der Waals surface area contributed by atoms with Crippen molar-refractivity contribution in [3.8, 4) is 0 Å². The lowest BCUT2D eigenvalue weighted by atomic mass is 9.96. The fourth-order valence-corrected chi connectivity index (χ4v) is 1.51. The average Bonchev–Trinajstić information content (AvgIpc) is 2.45. The first-order chi connectivity index (χ1) is 6.40. The molecular formula is C9H16ClN3O. The molecule has 14 heavy (non-hydrogen) atoms. The van der Waals surface area contributed by atoms with Crippen LogP contribution in [0.4, 0.5) is 0 Å². The molecule has 0 fully saturated rings. The normalized spacial score (nSPS) is 14.4. The maximum absolute atomic E-state index is 6.06. The van der Waals surface area contributed by atoms with Crippen LogP contribution in [0.2, 0.25) is 5.02 Å². The molecule has 0 saturated carbocycles. The van der Waals surface area contributed by atoms with Gasteiger partial charge in [0.2, 0.25) is 0 Å². The van der Waals surface area contributed by atoms with Crippen molar-refractivity contribution in [3.05, 3.63) is 16.9 Å². The summed E-state index contributed by atoms with van der Waals surface area (Å²) in [6, 6.07) is -0.299. The van der Waals surface area contributed by atoms with Crippen LogP contribution in [-0.2, 0) is 11.8 Å². The van der Waals surface area contributed by atoms with Gasteiger partial charge in [0, 0.05) is 14.2 Å². The van der Waals surface area contributed by atoms with Gasteiger partial charge in [-0.05, 0) is 13.8 Å². The van der Waals surface area contributed by atoms with E-state index >= 15 is 0 Å². The highest BCUT2D eigenvalue weighted by atomic mass is 35.5. The van der Waals surface area contributed by atoms with E-state index < -0.39 is 5.60 Å². The molecule has 1 aromatic rings. The molecule has 0 aliphatic heterocycles. The van der Waals surface area contributed by atoms with Crippen LogP contribution in [0.25, 0.3) is 0 Å². The van der Waals surface area contributed by atoms with Gasteiger partial charge in [0.1, 0.15) is 0 Å². The number of hydrogen-bond acceptors (Lipinski definition) is 3. The summed E-state index contributed by atoms with van der Waals surface area (Å²) < 4.78 is 6.98. The summed E-state index contributed by atoms with van der Waals surface area (Å²) in [5.74, 6) is 0. The Balaban J connectivity index is 3.06. The quantitative estimate of drug-likeness (QED) is 0.835. The molecular weight excluding hydrogens is 202 g/mol. The molecule has 1 unspecified atom stereocenters. The maximum atomic E-state index is 6.06. The number of aryl methyl sites for hydroxylation is 1. The molecule has 80 valence electrons. The number of aromatic nitrogens is 2. The summed E-state index contributed by atoms with van der Waals surface area (Å²) in [4.78, 5) is 0. The third-order valence-electron chi connectivity index (χ3n) is 2.51. The summed E-state index contributed by atoms with van der Waals surface area (Å²) in [7, 11) is 3.44. The van der Waals surface area contributed by atoms with E-state index in [-0.39, 0.29) is 6.04 Å². The first-order valence-corrected chi connectivity index (χ1v) is 4.76. The van der Waals surface area contributed by atoms with Crippen molar-refractivity contribution in [1.82, 2.24) is 9.78 Å². The smallest absolute Gasteiger partial charge is 0.0835 e. The second kappa shape index (κ2) is 3.88. The van der Waals surface area contributed by atoms with E-state index in [9.17, 15) is 0 Å². The second-order valence-electron chi connectivity index (χ2n) is 3.79. The van der Waals surface area contributed by atoms with Gasteiger partial charge in [-0.3, -0.25) is 4.68 Å². The second-order valence-corrected chi connectivity index (χ2v) is 4.19. The van der Waals surface area contributed by atoms with Crippen molar-refractivity contribution in [2.24, 2.45) is 12.8 Å². The van der Waals surface area contributed by atoms with Gasteiger partial charge in [-0.2, -0.15) is 5.10 Å². The van der Waals surface area contributed by atoms with E-state index in [4.69, 9.17) is 22.1 Å². The van der Waals surface area contributed by atoms with Crippen LogP contribution in [0.5, 0.6) is 0 Å². The lowest BCUT2D eigenvalue weighted by Gasteiger charge is -2.30. The summed E-state index contributed by atoms with van der Waals surface area (Å²) in [6.45, 7) is 3.84. The lowest BCUT2D eigenvalue weighted by molar-refractivity contribution is -0.00198. The predicted molar refractivity (Wildman–Crippen MR) is 56.2 cm³/mol. The molecule has 0 spiro atoms. The molecule has 0 radical (unpaired) electrons. The van der Waals surface area contributed by atoms with Crippen molar-refractivity contribution < 1.29 is 4.74 Å². The van der Waals surface area contributed by atoms with Crippen molar-refractivity contribution >= 4 is 11.6 Å². The van der Waals surface area contributed by atoms with Crippen LogP contribution in [0.3, 0.4) is 0 Å². The van der Waals surface area contributed by atoms with Crippen molar-refractivity contribution in [2.45, 2.75) is 25.5 Å². The lowest BCUT2D eigenvalue weighted by Crippen LogP contribution is -2.38. The molecule has 1 heterocycles. The highest BCUT2D eigenvalue weighted by Crippen LogP contribution is 2.30. The maximum Gasteiger partial charge on any atom is 0.0835 e. The highest BCUT2D eigenvalue weighted by Gasteiger charge is 2.31. The van der Waals surface area contributed by atoms with Crippen LogP contribution in [-0.4, -0.2) is 22.5 Å². The van der Waals surface area contributed by atoms with E-state index in [1.807, 2.05) is 20.9 Å². The van der Waals surface area contributed by atoms with Gasteiger partial charge in [0.15, 0.2) is 0 Å². The Morgan fingerprint density at radius 2 is 2.21 bits per heavy atom. The van der Waals surface area contributed by atoms with Gasteiger partial charge < -0.3 is 10.5 Å². The molecule has 0 amide bonds.